The first kappa shape index (κ1) is 16.2. The predicted molar refractivity (Wildman–Crippen MR) is 83.5 cm³/mol. The molecule has 0 aromatic carbocycles. The fourth-order valence-electron chi connectivity index (χ4n) is 2.85. The van der Waals surface area contributed by atoms with Crippen LogP contribution in [0, 0.1) is 0 Å². The van der Waals surface area contributed by atoms with Crippen LogP contribution in [0.1, 0.15) is 16.8 Å². The standard InChI is InChI=1S/C16H23N3O4/c20-9-8-18-4-6-19(7-5-18)16(21)13-1-2-15(17-11-13)23-14-3-10-22-12-14/h1-2,11,14,20H,3-10,12H2. The molecule has 1 aromatic rings. The third-order valence-corrected chi connectivity index (χ3v) is 4.23. The molecule has 1 amide bonds. The van der Waals surface area contributed by atoms with Crippen LogP contribution in [0.25, 0.3) is 0 Å². The van der Waals surface area contributed by atoms with E-state index in [2.05, 4.69) is 9.88 Å². The largest absolute Gasteiger partial charge is 0.472 e. The zero-order valence-electron chi connectivity index (χ0n) is 13.2. The number of piperazine rings is 1. The van der Waals surface area contributed by atoms with Gasteiger partial charge in [0.05, 0.1) is 25.4 Å². The number of amides is 1. The smallest absolute Gasteiger partial charge is 0.255 e. The minimum absolute atomic E-state index is 0.00287. The molecule has 2 aliphatic heterocycles. The van der Waals surface area contributed by atoms with Crippen molar-refractivity contribution in [2.75, 3.05) is 52.5 Å². The first-order valence-corrected chi connectivity index (χ1v) is 8.09. The molecule has 126 valence electrons. The maximum absolute atomic E-state index is 12.5. The van der Waals surface area contributed by atoms with E-state index < -0.39 is 0 Å². The number of nitrogens with zero attached hydrogens (tertiary/aromatic N) is 3. The maximum atomic E-state index is 12.5. The average Bonchev–Trinajstić information content (AvgIpc) is 3.09. The van der Waals surface area contributed by atoms with Crippen LogP contribution in [0.4, 0.5) is 0 Å². The van der Waals surface area contributed by atoms with Crippen LogP contribution in [0.5, 0.6) is 5.88 Å². The number of aromatic nitrogens is 1. The number of carbonyl (C=O) groups excluding carboxylic acids is 1. The number of rotatable bonds is 5. The third-order valence-electron chi connectivity index (χ3n) is 4.23. The number of β-amino-alcohol motifs (C(OH)–C–C–N with tert-alkyl or cyclic N) is 1. The van der Waals surface area contributed by atoms with E-state index in [1.165, 1.54) is 0 Å². The van der Waals surface area contributed by atoms with Gasteiger partial charge >= 0.3 is 0 Å². The van der Waals surface area contributed by atoms with E-state index in [1.807, 2.05) is 4.90 Å². The van der Waals surface area contributed by atoms with E-state index in [0.717, 1.165) is 26.1 Å². The lowest BCUT2D eigenvalue weighted by Gasteiger charge is -2.34. The normalized spacial score (nSPS) is 22.3. The van der Waals surface area contributed by atoms with Gasteiger partial charge in [0.15, 0.2) is 0 Å². The van der Waals surface area contributed by atoms with Crippen molar-refractivity contribution >= 4 is 5.91 Å². The molecule has 0 spiro atoms. The molecule has 1 aromatic heterocycles. The highest BCUT2D eigenvalue weighted by Gasteiger charge is 2.22. The van der Waals surface area contributed by atoms with Gasteiger partial charge in [-0.3, -0.25) is 9.69 Å². The number of aliphatic hydroxyl groups excluding tert-OH is 1. The van der Waals surface area contributed by atoms with Crippen LogP contribution in [-0.4, -0.2) is 84.4 Å². The molecular weight excluding hydrogens is 298 g/mol. The molecule has 2 fully saturated rings. The van der Waals surface area contributed by atoms with Crippen molar-refractivity contribution in [2.24, 2.45) is 0 Å². The summed E-state index contributed by atoms with van der Waals surface area (Å²) in [5, 5.41) is 8.95. The first-order valence-electron chi connectivity index (χ1n) is 8.09. The van der Waals surface area contributed by atoms with E-state index in [9.17, 15) is 4.79 Å². The molecule has 0 aliphatic carbocycles. The number of ether oxygens (including phenoxy) is 2. The van der Waals surface area contributed by atoms with Crippen LogP contribution in [0.15, 0.2) is 18.3 Å². The van der Waals surface area contributed by atoms with Gasteiger partial charge in [-0.05, 0) is 6.07 Å². The quantitative estimate of drug-likeness (QED) is 0.823. The van der Waals surface area contributed by atoms with E-state index >= 15 is 0 Å². The van der Waals surface area contributed by atoms with Crippen molar-refractivity contribution < 1.29 is 19.4 Å². The molecule has 23 heavy (non-hydrogen) atoms. The van der Waals surface area contributed by atoms with Gasteiger partial charge in [-0.25, -0.2) is 4.98 Å². The summed E-state index contributed by atoms with van der Waals surface area (Å²) in [5.41, 5.74) is 0.579. The summed E-state index contributed by atoms with van der Waals surface area (Å²) < 4.78 is 11.0. The number of pyridine rings is 1. The summed E-state index contributed by atoms with van der Waals surface area (Å²) in [6.07, 6.45) is 2.51. The van der Waals surface area contributed by atoms with Gasteiger partial charge in [0.25, 0.3) is 5.91 Å². The molecule has 3 heterocycles. The molecule has 0 radical (unpaired) electrons. The summed E-state index contributed by atoms with van der Waals surface area (Å²) >= 11 is 0. The fourth-order valence-corrected chi connectivity index (χ4v) is 2.85. The van der Waals surface area contributed by atoms with Crippen LogP contribution < -0.4 is 4.74 Å². The molecule has 0 bridgehead atoms. The predicted octanol–water partition coefficient (Wildman–Crippen LogP) is -0.000600. The van der Waals surface area contributed by atoms with E-state index in [0.29, 0.717) is 37.7 Å². The highest BCUT2D eigenvalue weighted by molar-refractivity contribution is 5.94. The van der Waals surface area contributed by atoms with Crippen molar-refractivity contribution in [2.45, 2.75) is 12.5 Å². The number of carbonyl (C=O) groups is 1. The van der Waals surface area contributed by atoms with Gasteiger partial charge in [-0.2, -0.15) is 0 Å². The molecule has 1 N–H and O–H groups in total. The molecular formula is C16H23N3O4. The highest BCUT2D eigenvalue weighted by Crippen LogP contribution is 2.16. The Morgan fingerprint density at radius 2 is 2.17 bits per heavy atom. The molecule has 3 rings (SSSR count). The highest BCUT2D eigenvalue weighted by atomic mass is 16.5. The van der Waals surface area contributed by atoms with E-state index in [4.69, 9.17) is 14.6 Å². The molecule has 2 saturated heterocycles. The second kappa shape index (κ2) is 7.72. The van der Waals surface area contributed by atoms with Crippen molar-refractivity contribution in [3.05, 3.63) is 23.9 Å². The van der Waals surface area contributed by atoms with Crippen molar-refractivity contribution in [3.63, 3.8) is 0 Å². The second-order valence-corrected chi connectivity index (χ2v) is 5.85. The minimum atomic E-state index is -0.00287. The number of hydrogen-bond donors (Lipinski definition) is 1. The topological polar surface area (TPSA) is 75.1 Å². The molecule has 0 saturated carbocycles. The molecule has 1 unspecified atom stereocenters. The van der Waals surface area contributed by atoms with E-state index in [1.54, 1.807) is 18.3 Å². The Morgan fingerprint density at radius 3 is 2.78 bits per heavy atom. The van der Waals surface area contributed by atoms with Crippen molar-refractivity contribution in [3.8, 4) is 5.88 Å². The molecule has 7 nitrogen and oxygen atoms in total. The third kappa shape index (κ3) is 4.19. The Kier molecular flexibility index (Phi) is 5.43. The Bertz CT molecular complexity index is 509. The van der Waals surface area contributed by atoms with Crippen LogP contribution >= 0.6 is 0 Å². The lowest BCUT2D eigenvalue weighted by Crippen LogP contribution is -2.49. The summed E-state index contributed by atoms with van der Waals surface area (Å²) in [5.74, 6) is 0.529. The fraction of sp³-hybridized carbons (Fsp3) is 0.625. The van der Waals surface area contributed by atoms with E-state index in [-0.39, 0.29) is 18.6 Å². The van der Waals surface area contributed by atoms with Crippen LogP contribution in [0.2, 0.25) is 0 Å². The summed E-state index contributed by atoms with van der Waals surface area (Å²) in [6.45, 7) is 5.09. The number of aliphatic hydroxyl groups is 1. The lowest BCUT2D eigenvalue weighted by atomic mass is 10.2. The van der Waals surface area contributed by atoms with Gasteiger partial charge in [0, 0.05) is 51.4 Å². The summed E-state index contributed by atoms with van der Waals surface area (Å²) in [7, 11) is 0. The Hall–Kier alpha value is -1.70. The minimum Gasteiger partial charge on any atom is -0.472 e. The lowest BCUT2D eigenvalue weighted by molar-refractivity contribution is 0.0614. The SMILES string of the molecule is O=C(c1ccc(OC2CCOC2)nc1)N1CCN(CCO)CC1. The summed E-state index contributed by atoms with van der Waals surface area (Å²) in [6, 6.07) is 3.51. The zero-order chi connectivity index (χ0) is 16.1. The van der Waals surface area contributed by atoms with Crippen molar-refractivity contribution in [1.82, 2.24) is 14.8 Å². The van der Waals surface area contributed by atoms with Gasteiger partial charge in [-0.15, -0.1) is 0 Å². The van der Waals surface area contributed by atoms with Crippen molar-refractivity contribution in [1.29, 1.82) is 0 Å². The Morgan fingerprint density at radius 1 is 1.35 bits per heavy atom. The van der Waals surface area contributed by atoms with Crippen LogP contribution in [-0.2, 0) is 4.74 Å². The second-order valence-electron chi connectivity index (χ2n) is 5.85. The molecule has 7 heteroatoms. The number of hydrogen-bond acceptors (Lipinski definition) is 6. The van der Waals surface area contributed by atoms with Gasteiger partial charge in [-0.1, -0.05) is 0 Å². The van der Waals surface area contributed by atoms with Gasteiger partial charge in [0.2, 0.25) is 5.88 Å². The Labute approximate surface area is 135 Å². The average molecular weight is 321 g/mol. The van der Waals surface area contributed by atoms with Gasteiger partial charge in [0.1, 0.15) is 6.10 Å². The van der Waals surface area contributed by atoms with Gasteiger partial charge < -0.3 is 19.5 Å². The monoisotopic (exact) mass is 321 g/mol. The summed E-state index contributed by atoms with van der Waals surface area (Å²) in [4.78, 5) is 20.7. The Balaban J connectivity index is 1.53. The molecule has 2 aliphatic rings. The van der Waals surface area contributed by atoms with Crippen LogP contribution in [0.3, 0.4) is 0 Å². The maximum Gasteiger partial charge on any atom is 0.255 e. The zero-order valence-corrected chi connectivity index (χ0v) is 13.2. The molecule has 1 atom stereocenters. The first-order chi connectivity index (χ1) is 11.3.